The zero-order valence-corrected chi connectivity index (χ0v) is 15.4. The lowest BCUT2D eigenvalue weighted by molar-refractivity contribution is 0.351. The average molecular weight is 368 g/mol. The summed E-state index contributed by atoms with van der Waals surface area (Å²) in [6.45, 7) is 4.54. The van der Waals surface area contributed by atoms with Gasteiger partial charge in [-0.25, -0.2) is 9.97 Å². The molecule has 8 heteroatoms. The Bertz CT molecular complexity index is 930. The van der Waals surface area contributed by atoms with Crippen molar-refractivity contribution >= 4 is 16.7 Å². The number of aromatic nitrogens is 5. The summed E-state index contributed by atoms with van der Waals surface area (Å²) in [6.07, 6.45) is 7.15. The molecule has 1 fully saturated rings. The second kappa shape index (κ2) is 7.33. The highest BCUT2D eigenvalue weighted by Gasteiger charge is 2.22. The van der Waals surface area contributed by atoms with Crippen molar-refractivity contribution in [1.82, 2.24) is 23.9 Å². The van der Waals surface area contributed by atoms with E-state index in [0.29, 0.717) is 18.2 Å². The van der Waals surface area contributed by atoms with Crippen LogP contribution < -0.4 is 10.5 Å². The molecule has 0 saturated carbocycles. The van der Waals surface area contributed by atoms with Gasteiger partial charge in [-0.1, -0.05) is 0 Å². The number of piperidine rings is 1. The van der Waals surface area contributed by atoms with Crippen molar-refractivity contribution in [2.24, 2.45) is 5.92 Å². The van der Waals surface area contributed by atoms with E-state index >= 15 is 0 Å². The molecule has 0 atom stereocenters. The third kappa shape index (κ3) is 3.65. The van der Waals surface area contributed by atoms with E-state index < -0.39 is 0 Å². The highest BCUT2D eigenvalue weighted by molar-refractivity contribution is 7.09. The van der Waals surface area contributed by atoms with Crippen molar-refractivity contribution in [3.63, 3.8) is 0 Å². The van der Waals surface area contributed by atoms with Gasteiger partial charge in [0.05, 0.1) is 12.0 Å². The summed E-state index contributed by atoms with van der Waals surface area (Å²) in [5, 5.41) is 1.00. The van der Waals surface area contributed by atoms with Crippen LogP contribution in [-0.2, 0) is 6.54 Å². The topological polar surface area (TPSA) is 76.8 Å². The standard InChI is InChI=1S/C18H20N6OS/c1-13-21-18(26-22-13)23-8-4-14(5-9-23)11-24-12-20-16(10-17(24)25)15-2-6-19-7-3-15/h2-3,6-7,10,12,14H,4-5,8-9,11H2,1H3. The number of rotatable bonds is 4. The minimum atomic E-state index is -0.00556. The normalized spacial score (nSPS) is 15.3. The first kappa shape index (κ1) is 16.8. The van der Waals surface area contributed by atoms with Gasteiger partial charge in [-0.3, -0.25) is 14.3 Å². The molecule has 0 radical (unpaired) electrons. The fourth-order valence-electron chi connectivity index (χ4n) is 3.24. The molecule has 0 N–H and O–H groups in total. The first-order valence-corrected chi connectivity index (χ1v) is 9.48. The molecule has 7 nitrogen and oxygen atoms in total. The smallest absolute Gasteiger partial charge is 0.253 e. The van der Waals surface area contributed by atoms with Gasteiger partial charge in [0.25, 0.3) is 5.56 Å². The van der Waals surface area contributed by atoms with Crippen LogP contribution in [0.25, 0.3) is 11.3 Å². The third-order valence-corrected chi connectivity index (χ3v) is 5.58. The first-order valence-electron chi connectivity index (χ1n) is 8.71. The molecule has 1 aliphatic rings. The molecule has 0 aliphatic carbocycles. The van der Waals surface area contributed by atoms with Crippen molar-refractivity contribution in [1.29, 1.82) is 0 Å². The van der Waals surface area contributed by atoms with E-state index in [2.05, 4.69) is 24.2 Å². The van der Waals surface area contributed by atoms with Crippen molar-refractivity contribution in [2.45, 2.75) is 26.3 Å². The zero-order valence-electron chi connectivity index (χ0n) is 14.6. The lowest BCUT2D eigenvalue weighted by Gasteiger charge is -2.31. The Labute approximate surface area is 155 Å². The maximum absolute atomic E-state index is 12.5. The summed E-state index contributed by atoms with van der Waals surface area (Å²) in [5.41, 5.74) is 1.59. The van der Waals surface area contributed by atoms with Gasteiger partial charge in [0.15, 0.2) is 0 Å². The van der Waals surface area contributed by atoms with E-state index in [-0.39, 0.29) is 5.56 Å². The molecule has 0 amide bonds. The van der Waals surface area contributed by atoms with Gasteiger partial charge < -0.3 is 4.90 Å². The Balaban J connectivity index is 1.40. The van der Waals surface area contributed by atoms with Crippen LogP contribution in [0.1, 0.15) is 18.7 Å². The highest BCUT2D eigenvalue weighted by atomic mass is 32.1. The lowest BCUT2D eigenvalue weighted by Crippen LogP contribution is -2.36. The van der Waals surface area contributed by atoms with E-state index in [1.165, 1.54) is 11.5 Å². The van der Waals surface area contributed by atoms with Crippen LogP contribution in [0, 0.1) is 12.8 Å². The molecule has 3 aromatic heterocycles. The summed E-state index contributed by atoms with van der Waals surface area (Å²) in [4.78, 5) is 27.6. The molecule has 134 valence electrons. The molecule has 4 heterocycles. The molecule has 1 saturated heterocycles. The minimum absolute atomic E-state index is 0.00556. The Morgan fingerprint density at radius 1 is 1.23 bits per heavy atom. The first-order chi connectivity index (χ1) is 12.7. The Morgan fingerprint density at radius 2 is 2.00 bits per heavy atom. The van der Waals surface area contributed by atoms with Crippen molar-refractivity contribution in [3.8, 4) is 11.3 Å². The predicted octanol–water partition coefficient (Wildman–Crippen LogP) is 2.38. The summed E-state index contributed by atoms with van der Waals surface area (Å²) in [7, 11) is 0. The van der Waals surface area contributed by atoms with Crippen LogP contribution in [0.4, 0.5) is 5.13 Å². The molecule has 0 unspecified atom stereocenters. The highest BCUT2D eigenvalue weighted by Crippen LogP contribution is 2.25. The van der Waals surface area contributed by atoms with Crippen molar-refractivity contribution in [2.75, 3.05) is 18.0 Å². The SMILES string of the molecule is Cc1nsc(N2CCC(Cn3cnc(-c4ccncc4)cc3=O)CC2)n1. The summed E-state index contributed by atoms with van der Waals surface area (Å²) in [6, 6.07) is 5.32. The zero-order chi connectivity index (χ0) is 17.9. The van der Waals surface area contributed by atoms with Crippen LogP contribution in [0.2, 0.25) is 0 Å². The predicted molar refractivity (Wildman–Crippen MR) is 101 cm³/mol. The minimum Gasteiger partial charge on any atom is -0.347 e. The van der Waals surface area contributed by atoms with E-state index in [4.69, 9.17) is 0 Å². The second-order valence-corrected chi connectivity index (χ2v) is 7.29. The molecule has 1 aliphatic heterocycles. The molecule has 0 spiro atoms. The number of hydrogen-bond donors (Lipinski definition) is 0. The Hall–Kier alpha value is -2.61. The maximum Gasteiger partial charge on any atom is 0.253 e. The fourth-order valence-corrected chi connectivity index (χ4v) is 3.97. The van der Waals surface area contributed by atoms with Crippen LogP contribution in [0.5, 0.6) is 0 Å². The molecule has 4 rings (SSSR count). The Kier molecular flexibility index (Phi) is 4.75. The van der Waals surface area contributed by atoms with E-state index in [1.54, 1.807) is 29.4 Å². The van der Waals surface area contributed by atoms with Crippen LogP contribution in [0.3, 0.4) is 0 Å². The number of pyridine rings is 1. The largest absolute Gasteiger partial charge is 0.347 e. The average Bonchev–Trinajstić information content (AvgIpc) is 3.11. The monoisotopic (exact) mass is 368 g/mol. The number of hydrogen-bond acceptors (Lipinski definition) is 7. The fraction of sp³-hybridized carbons (Fsp3) is 0.389. The maximum atomic E-state index is 12.5. The second-order valence-electron chi connectivity index (χ2n) is 6.56. The van der Waals surface area contributed by atoms with Gasteiger partial charge in [0.1, 0.15) is 5.82 Å². The lowest BCUT2D eigenvalue weighted by atomic mass is 9.97. The Morgan fingerprint density at radius 3 is 2.65 bits per heavy atom. The van der Waals surface area contributed by atoms with Crippen LogP contribution in [0.15, 0.2) is 41.7 Å². The summed E-state index contributed by atoms with van der Waals surface area (Å²) < 4.78 is 5.98. The number of aryl methyl sites for hydroxylation is 1. The van der Waals surface area contributed by atoms with Gasteiger partial charge in [-0.2, -0.15) is 4.37 Å². The van der Waals surface area contributed by atoms with Crippen LogP contribution in [-0.4, -0.2) is 37.0 Å². The molecule has 0 aromatic carbocycles. The van der Waals surface area contributed by atoms with Gasteiger partial charge in [-0.15, -0.1) is 0 Å². The van der Waals surface area contributed by atoms with Crippen molar-refractivity contribution in [3.05, 3.63) is 53.1 Å². The third-order valence-electron chi connectivity index (χ3n) is 4.71. The summed E-state index contributed by atoms with van der Waals surface area (Å²) >= 11 is 1.46. The molecular weight excluding hydrogens is 348 g/mol. The van der Waals surface area contributed by atoms with E-state index in [1.807, 2.05) is 19.1 Å². The van der Waals surface area contributed by atoms with Gasteiger partial charge >= 0.3 is 0 Å². The molecule has 0 bridgehead atoms. The van der Waals surface area contributed by atoms with Crippen molar-refractivity contribution < 1.29 is 0 Å². The molecular formula is C18H20N6OS. The molecule has 3 aromatic rings. The summed E-state index contributed by atoms with van der Waals surface area (Å²) in [5.74, 6) is 1.31. The van der Waals surface area contributed by atoms with Crippen LogP contribution >= 0.6 is 11.5 Å². The quantitative estimate of drug-likeness (QED) is 0.704. The van der Waals surface area contributed by atoms with Gasteiger partial charge in [0.2, 0.25) is 5.13 Å². The van der Waals surface area contributed by atoms with E-state index in [0.717, 1.165) is 42.5 Å². The molecule has 26 heavy (non-hydrogen) atoms. The number of nitrogens with zero attached hydrogens (tertiary/aromatic N) is 6. The number of anilines is 1. The van der Waals surface area contributed by atoms with E-state index in [9.17, 15) is 4.79 Å². The van der Waals surface area contributed by atoms with Gasteiger partial charge in [-0.05, 0) is 37.8 Å². The van der Waals surface area contributed by atoms with Gasteiger partial charge in [0, 0.05) is 55.2 Å².